The molecule has 0 radical (unpaired) electrons. The van der Waals surface area contributed by atoms with E-state index in [-0.39, 0.29) is 0 Å². The zero-order valence-electron chi connectivity index (χ0n) is 9.81. The van der Waals surface area contributed by atoms with Crippen molar-refractivity contribution in [3.63, 3.8) is 0 Å². The summed E-state index contributed by atoms with van der Waals surface area (Å²) in [5.41, 5.74) is 6.54. The summed E-state index contributed by atoms with van der Waals surface area (Å²) in [7, 11) is 1.57. The molecule has 0 spiro atoms. The molecule has 1 aromatic heterocycles. The summed E-state index contributed by atoms with van der Waals surface area (Å²) in [6, 6.07) is 0.482. The second-order valence-corrected chi connectivity index (χ2v) is 4.16. The van der Waals surface area contributed by atoms with Crippen molar-refractivity contribution in [3.05, 3.63) is 6.33 Å². The Balaban J connectivity index is 2.31. The highest BCUT2D eigenvalue weighted by Crippen LogP contribution is 2.31. The number of hydrogen-bond acceptors (Lipinski definition) is 5. The van der Waals surface area contributed by atoms with Crippen molar-refractivity contribution in [2.45, 2.75) is 32.2 Å². The molecule has 1 aliphatic rings. The second kappa shape index (κ2) is 4.55. The number of ether oxygens (including phenoxy) is 1. The Labute approximate surface area is 95.6 Å². The van der Waals surface area contributed by atoms with Gasteiger partial charge in [-0.3, -0.25) is 0 Å². The Kier molecular flexibility index (Phi) is 3.12. The third kappa shape index (κ3) is 1.89. The van der Waals surface area contributed by atoms with Gasteiger partial charge in [0.1, 0.15) is 12.0 Å². The van der Waals surface area contributed by atoms with Crippen LogP contribution in [0.1, 0.15) is 26.2 Å². The molecule has 1 atom stereocenters. The number of hydrogen-bond donors (Lipinski definition) is 1. The van der Waals surface area contributed by atoms with E-state index in [1.54, 1.807) is 7.11 Å². The van der Waals surface area contributed by atoms with Crippen molar-refractivity contribution >= 4 is 11.5 Å². The van der Waals surface area contributed by atoms with Crippen molar-refractivity contribution in [1.29, 1.82) is 0 Å². The molecular weight excluding hydrogens is 204 g/mol. The molecule has 2 N–H and O–H groups in total. The normalized spacial score (nSPS) is 20.9. The Hall–Kier alpha value is -1.52. The van der Waals surface area contributed by atoms with Crippen LogP contribution in [0.15, 0.2) is 6.33 Å². The van der Waals surface area contributed by atoms with Crippen molar-refractivity contribution in [2.75, 3.05) is 24.3 Å². The van der Waals surface area contributed by atoms with E-state index in [2.05, 4.69) is 21.8 Å². The van der Waals surface area contributed by atoms with Crippen molar-refractivity contribution in [1.82, 2.24) is 9.97 Å². The summed E-state index contributed by atoms with van der Waals surface area (Å²) >= 11 is 0. The van der Waals surface area contributed by atoms with Crippen LogP contribution in [0.3, 0.4) is 0 Å². The van der Waals surface area contributed by atoms with Gasteiger partial charge in [0.25, 0.3) is 0 Å². The van der Waals surface area contributed by atoms with E-state index in [1.807, 2.05) is 0 Å². The lowest BCUT2D eigenvalue weighted by Crippen LogP contribution is -2.38. The molecule has 5 heteroatoms. The van der Waals surface area contributed by atoms with Crippen molar-refractivity contribution in [3.8, 4) is 5.88 Å². The smallest absolute Gasteiger partial charge is 0.242 e. The van der Waals surface area contributed by atoms with Crippen LogP contribution in [-0.2, 0) is 0 Å². The van der Waals surface area contributed by atoms with Gasteiger partial charge < -0.3 is 15.4 Å². The van der Waals surface area contributed by atoms with Crippen molar-refractivity contribution < 1.29 is 4.74 Å². The monoisotopic (exact) mass is 222 g/mol. The topological polar surface area (TPSA) is 64.3 Å². The van der Waals surface area contributed by atoms with Crippen LogP contribution >= 0.6 is 0 Å². The highest BCUT2D eigenvalue weighted by atomic mass is 16.5. The quantitative estimate of drug-likeness (QED) is 0.820. The fourth-order valence-corrected chi connectivity index (χ4v) is 2.18. The first-order chi connectivity index (χ1) is 7.74. The van der Waals surface area contributed by atoms with E-state index in [0.29, 0.717) is 17.6 Å². The predicted molar refractivity (Wildman–Crippen MR) is 63.7 cm³/mol. The highest BCUT2D eigenvalue weighted by molar-refractivity contribution is 5.68. The average Bonchev–Trinajstić information content (AvgIpc) is 2.31. The van der Waals surface area contributed by atoms with Crippen LogP contribution in [-0.4, -0.2) is 29.7 Å². The third-order valence-corrected chi connectivity index (χ3v) is 3.09. The fraction of sp³-hybridized carbons (Fsp3) is 0.636. The number of aromatic nitrogens is 2. The highest BCUT2D eigenvalue weighted by Gasteiger charge is 2.23. The number of rotatable bonds is 2. The molecule has 0 amide bonds. The third-order valence-electron chi connectivity index (χ3n) is 3.09. The number of nitrogens with two attached hydrogens (primary N) is 1. The van der Waals surface area contributed by atoms with Gasteiger partial charge in [-0.15, -0.1) is 0 Å². The van der Waals surface area contributed by atoms with E-state index in [4.69, 9.17) is 10.5 Å². The summed E-state index contributed by atoms with van der Waals surface area (Å²) in [4.78, 5) is 10.5. The zero-order valence-corrected chi connectivity index (χ0v) is 9.81. The van der Waals surface area contributed by atoms with Gasteiger partial charge >= 0.3 is 0 Å². The van der Waals surface area contributed by atoms with Gasteiger partial charge in [0.2, 0.25) is 5.88 Å². The first kappa shape index (κ1) is 11.0. The molecule has 88 valence electrons. The molecule has 16 heavy (non-hydrogen) atoms. The number of nitrogens with zero attached hydrogens (tertiary/aromatic N) is 3. The second-order valence-electron chi connectivity index (χ2n) is 4.16. The summed E-state index contributed by atoms with van der Waals surface area (Å²) in [5, 5.41) is 0. The molecule has 0 bridgehead atoms. The number of methoxy groups -OCH3 is 1. The largest absolute Gasteiger partial charge is 0.479 e. The number of anilines is 2. The molecule has 0 aliphatic carbocycles. The lowest BCUT2D eigenvalue weighted by molar-refractivity contribution is 0.398. The molecule has 1 unspecified atom stereocenters. The maximum atomic E-state index is 6.00. The summed E-state index contributed by atoms with van der Waals surface area (Å²) < 4.78 is 5.11. The molecule has 0 saturated carbocycles. The van der Waals surface area contributed by atoms with Crippen LogP contribution in [0, 0.1) is 0 Å². The first-order valence-corrected chi connectivity index (χ1v) is 5.65. The Morgan fingerprint density at radius 2 is 2.25 bits per heavy atom. The molecule has 0 aromatic carbocycles. The molecule has 2 rings (SSSR count). The van der Waals surface area contributed by atoms with E-state index in [1.165, 1.54) is 25.6 Å². The van der Waals surface area contributed by atoms with Gasteiger partial charge in [-0.05, 0) is 26.2 Å². The molecule has 1 aromatic rings. The Morgan fingerprint density at radius 1 is 1.44 bits per heavy atom. The lowest BCUT2D eigenvalue weighted by atomic mass is 10.0. The predicted octanol–water partition coefficient (Wildman–Crippen LogP) is 1.45. The van der Waals surface area contributed by atoms with E-state index in [0.717, 1.165) is 12.4 Å². The summed E-state index contributed by atoms with van der Waals surface area (Å²) in [6.45, 7) is 3.21. The minimum Gasteiger partial charge on any atom is -0.479 e. The van der Waals surface area contributed by atoms with Crippen molar-refractivity contribution in [2.24, 2.45) is 0 Å². The Bertz CT molecular complexity index is 369. The number of piperidine rings is 1. The first-order valence-electron chi connectivity index (χ1n) is 5.65. The molecule has 1 aliphatic heterocycles. The number of nitrogen functional groups attached to an aromatic ring is 1. The summed E-state index contributed by atoms with van der Waals surface area (Å²) in [6.07, 6.45) is 5.16. The molecule has 2 heterocycles. The maximum Gasteiger partial charge on any atom is 0.242 e. The van der Waals surface area contributed by atoms with E-state index < -0.39 is 0 Å². The average molecular weight is 222 g/mol. The SMILES string of the molecule is COc1ncnc(N2CCCCC2C)c1N. The van der Waals surface area contributed by atoms with Crippen LogP contribution in [0.25, 0.3) is 0 Å². The molecule has 5 nitrogen and oxygen atoms in total. The van der Waals surface area contributed by atoms with Crippen LogP contribution in [0.2, 0.25) is 0 Å². The van der Waals surface area contributed by atoms with E-state index >= 15 is 0 Å². The van der Waals surface area contributed by atoms with Gasteiger partial charge in [-0.1, -0.05) is 0 Å². The van der Waals surface area contributed by atoms with E-state index in [9.17, 15) is 0 Å². The molecular formula is C11H18N4O. The lowest BCUT2D eigenvalue weighted by Gasteiger charge is -2.34. The zero-order chi connectivity index (χ0) is 11.5. The molecule has 1 saturated heterocycles. The van der Waals surface area contributed by atoms with Gasteiger partial charge in [0.05, 0.1) is 7.11 Å². The maximum absolute atomic E-state index is 6.00. The Morgan fingerprint density at radius 3 is 2.94 bits per heavy atom. The molecule has 1 fully saturated rings. The summed E-state index contributed by atoms with van der Waals surface area (Å²) in [5.74, 6) is 1.27. The van der Waals surface area contributed by atoms with Gasteiger partial charge in [0.15, 0.2) is 5.82 Å². The minimum atomic E-state index is 0.461. The van der Waals surface area contributed by atoms with Crippen LogP contribution < -0.4 is 15.4 Å². The van der Waals surface area contributed by atoms with Crippen LogP contribution in [0.5, 0.6) is 5.88 Å². The fourth-order valence-electron chi connectivity index (χ4n) is 2.18. The minimum absolute atomic E-state index is 0.461. The van der Waals surface area contributed by atoms with Gasteiger partial charge in [-0.25, -0.2) is 4.98 Å². The standard InChI is InChI=1S/C11H18N4O/c1-8-5-3-4-6-15(8)10-9(12)11(16-2)14-7-13-10/h7-8H,3-6,12H2,1-2H3. The van der Waals surface area contributed by atoms with Gasteiger partial charge in [0, 0.05) is 12.6 Å². The van der Waals surface area contributed by atoms with Crippen LogP contribution in [0.4, 0.5) is 11.5 Å². The van der Waals surface area contributed by atoms with Gasteiger partial charge in [-0.2, -0.15) is 4.98 Å².